The first-order valence-corrected chi connectivity index (χ1v) is 7.57. The van der Waals surface area contributed by atoms with Crippen molar-refractivity contribution < 1.29 is 17.9 Å². The molecule has 1 amide bonds. The molecule has 1 aromatic rings. The number of benzene rings is 1. The Morgan fingerprint density at radius 2 is 1.95 bits per heavy atom. The number of amides is 1. The van der Waals surface area contributed by atoms with Gasteiger partial charge in [-0.05, 0) is 26.0 Å². The molecule has 0 bridgehead atoms. The lowest BCUT2D eigenvalue weighted by Gasteiger charge is -2.20. The van der Waals surface area contributed by atoms with E-state index in [1.165, 1.54) is 12.1 Å². The molecule has 0 aliphatic rings. The Kier molecular flexibility index (Phi) is 5.59. The highest BCUT2D eigenvalue weighted by Gasteiger charge is 2.29. The molecular weight excluding hydrogens is 278 g/mol. The highest BCUT2D eigenvalue weighted by Crippen LogP contribution is 2.17. The summed E-state index contributed by atoms with van der Waals surface area (Å²) >= 11 is 0. The van der Waals surface area contributed by atoms with Gasteiger partial charge in [0.05, 0.1) is 18.0 Å². The van der Waals surface area contributed by atoms with Gasteiger partial charge in [0.2, 0.25) is 0 Å². The summed E-state index contributed by atoms with van der Waals surface area (Å²) in [7, 11) is -3.95. The summed E-state index contributed by atoms with van der Waals surface area (Å²) in [5, 5.41) is 0. The van der Waals surface area contributed by atoms with Crippen LogP contribution in [0.1, 0.15) is 18.9 Å². The van der Waals surface area contributed by atoms with Crippen molar-refractivity contribution in [1.29, 1.82) is 0 Å². The van der Waals surface area contributed by atoms with Gasteiger partial charge in [0.1, 0.15) is 0 Å². The van der Waals surface area contributed by atoms with Crippen LogP contribution < -0.4 is 0 Å². The molecule has 0 unspecified atom stereocenters. The lowest BCUT2D eigenvalue weighted by atomic mass is 10.2. The predicted octanol–water partition coefficient (Wildman–Crippen LogP) is 2.17. The van der Waals surface area contributed by atoms with Crippen molar-refractivity contribution in [3.8, 4) is 12.3 Å². The van der Waals surface area contributed by atoms with Crippen molar-refractivity contribution >= 4 is 16.1 Å². The number of carbonyl (C=O) groups excluding carboxylic acids is 1. The molecular formula is C14H17NO4S. The molecule has 0 spiro atoms. The van der Waals surface area contributed by atoms with E-state index in [0.29, 0.717) is 4.31 Å². The van der Waals surface area contributed by atoms with E-state index in [4.69, 9.17) is 11.2 Å². The topological polar surface area (TPSA) is 63.7 Å². The van der Waals surface area contributed by atoms with Gasteiger partial charge in [0, 0.05) is 6.42 Å². The van der Waals surface area contributed by atoms with Crippen LogP contribution in [0.3, 0.4) is 0 Å². The van der Waals surface area contributed by atoms with Gasteiger partial charge in [-0.15, -0.1) is 12.3 Å². The number of aryl methyl sites for hydroxylation is 1. The molecule has 0 saturated carbocycles. The molecule has 0 saturated heterocycles. The van der Waals surface area contributed by atoms with Gasteiger partial charge in [-0.1, -0.05) is 17.7 Å². The summed E-state index contributed by atoms with van der Waals surface area (Å²) in [6.07, 6.45) is 4.34. The van der Waals surface area contributed by atoms with Crippen LogP contribution in [0.2, 0.25) is 0 Å². The minimum atomic E-state index is -3.95. The Bertz CT molecular complexity index is 599. The zero-order valence-electron chi connectivity index (χ0n) is 11.5. The Morgan fingerprint density at radius 1 is 1.35 bits per heavy atom. The number of ether oxygens (including phenoxy) is 1. The summed E-state index contributed by atoms with van der Waals surface area (Å²) in [6.45, 7) is 3.44. The highest BCUT2D eigenvalue weighted by atomic mass is 32.2. The molecule has 1 aromatic carbocycles. The van der Waals surface area contributed by atoms with Gasteiger partial charge < -0.3 is 4.74 Å². The lowest BCUT2D eigenvalue weighted by Crippen LogP contribution is -2.38. The average molecular weight is 295 g/mol. The highest BCUT2D eigenvalue weighted by molar-refractivity contribution is 7.89. The van der Waals surface area contributed by atoms with Crippen molar-refractivity contribution in [3.63, 3.8) is 0 Å². The molecule has 0 radical (unpaired) electrons. The van der Waals surface area contributed by atoms with Crippen molar-refractivity contribution in [2.75, 3.05) is 13.2 Å². The zero-order chi connectivity index (χ0) is 15.2. The fourth-order valence-electron chi connectivity index (χ4n) is 1.51. The Hall–Kier alpha value is -2.00. The summed E-state index contributed by atoms with van der Waals surface area (Å²) in [5.74, 6) is 2.31. The molecule has 6 heteroatoms. The first kappa shape index (κ1) is 16.1. The SMILES string of the molecule is C#CCCN(C(=O)OCC)S(=O)(=O)c1ccc(C)cc1. The van der Waals surface area contributed by atoms with Crippen LogP contribution in [0.4, 0.5) is 4.79 Å². The second-order valence-corrected chi connectivity index (χ2v) is 5.91. The maximum Gasteiger partial charge on any atom is 0.423 e. The molecule has 5 nitrogen and oxygen atoms in total. The van der Waals surface area contributed by atoms with E-state index in [2.05, 4.69) is 5.92 Å². The number of rotatable bonds is 5. The molecule has 0 aliphatic heterocycles. The maximum absolute atomic E-state index is 12.4. The standard InChI is InChI=1S/C14H17NO4S/c1-4-6-11-15(14(16)19-5-2)20(17,18)13-9-7-12(3)8-10-13/h1,7-10H,5-6,11H2,2-3H3. The minimum absolute atomic E-state index is 0.0353. The van der Waals surface area contributed by atoms with Crippen LogP contribution in [0, 0.1) is 19.3 Å². The minimum Gasteiger partial charge on any atom is -0.449 e. The Labute approximate surface area is 119 Å². The third kappa shape index (κ3) is 3.75. The van der Waals surface area contributed by atoms with Crippen molar-refractivity contribution in [1.82, 2.24) is 4.31 Å². The first-order chi connectivity index (χ1) is 9.43. The largest absolute Gasteiger partial charge is 0.449 e. The van der Waals surface area contributed by atoms with Crippen LogP contribution in [-0.2, 0) is 14.8 Å². The third-order valence-electron chi connectivity index (χ3n) is 2.54. The number of terminal acetylenes is 1. The Balaban J connectivity index is 3.13. The number of carbonyl (C=O) groups is 1. The van der Waals surface area contributed by atoms with Gasteiger partial charge >= 0.3 is 6.09 Å². The van der Waals surface area contributed by atoms with Gasteiger partial charge in [-0.25, -0.2) is 13.2 Å². The van der Waals surface area contributed by atoms with Crippen molar-refractivity contribution in [2.45, 2.75) is 25.2 Å². The van der Waals surface area contributed by atoms with E-state index >= 15 is 0 Å². The van der Waals surface area contributed by atoms with Crippen LogP contribution >= 0.6 is 0 Å². The summed E-state index contributed by atoms with van der Waals surface area (Å²) in [4.78, 5) is 11.8. The molecule has 0 aromatic heterocycles. The van der Waals surface area contributed by atoms with E-state index in [0.717, 1.165) is 5.56 Å². The fraction of sp³-hybridized carbons (Fsp3) is 0.357. The van der Waals surface area contributed by atoms with Crippen molar-refractivity contribution in [2.24, 2.45) is 0 Å². The summed E-state index contributed by atoms with van der Waals surface area (Å²) in [6, 6.07) is 6.23. The maximum atomic E-state index is 12.4. The average Bonchev–Trinajstić information content (AvgIpc) is 2.39. The second-order valence-electron chi connectivity index (χ2n) is 4.04. The summed E-state index contributed by atoms with van der Waals surface area (Å²) in [5.41, 5.74) is 0.926. The second kappa shape index (κ2) is 6.96. The monoisotopic (exact) mass is 295 g/mol. The molecule has 20 heavy (non-hydrogen) atoms. The van der Waals surface area contributed by atoms with Crippen LogP contribution in [0.25, 0.3) is 0 Å². The predicted molar refractivity (Wildman–Crippen MR) is 75.5 cm³/mol. The normalized spacial score (nSPS) is 10.7. The number of nitrogens with zero attached hydrogens (tertiary/aromatic N) is 1. The van der Waals surface area contributed by atoms with Crippen LogP contribution in [0.15, 0.2) is 29.2 Å². The van der Waals surface area contributed by atoms with E-state index in [-0.39, 0.29) is 24.5 Å². The van der Waals surface area contributed by atoms with Gasteiger partial charge in [0.15, 0.2) is 0 Å². The fourth-order valence-corrected chi connectivity index (χ4v) is 2.82. The van der Waals surface area contributed by atoms with E-state index < -0.39 is 16.1 Å². The van der Waals surface area contributed by atoms with Gasteiger partial charge in [-0.2, -0.15) is 4.31 Å². The van der Waals surface area contributed by atoms with Gasteiger partial charge in [0.25, 0.3) is 10.0 Å². The molecule has 0 heterocycles. The zero-order valence-corrected chi connectivity index (χ0v) is 12.3. The number of sulfonamides is 1. The Morgan fingerprint density at radius 3 is 2.45 bits per heavy atom. The van der Waals surface area contributed by atoms with E-state index in [1.807, 2.05) is 6.92 Å². The molecule has 0 fully saturated rings. The lowest BCUT2D eigenvalue weighted by molar-refractivity contribution is 0.131. The molecule has 0 aliphatic carbocycles. The molecule has 1 rings (SSSR count). The number of hydrogen-bond acceptors (Lipinski definition) is 4. The molecule has 0 atom stereocenters. The van der Waals surface area contributed by atoms with Crippen LogP contribution in [-0.4, -0.2) is 32.0 Å². The van der Waals surface area contributed by atoms with Gasteiger partial charge in [-0.3, -0.25) is 0 Å². The molecule has 0 N–H and O–H groups in total. The summed E-state index contributed by atoms with van der Waals surface area (Å²) < 4.78 is 30.3. The molecule has 108 valence electrons. The quantitative estimate of drug-likeness (QED) is 0.781. The van der Waals surface area contributed by atoms with E-state index in [9.17, 15) is 13.2 Å². The van der Waals surface area contributed by atoms with Crippen molar-refractivity contribution in [3.05, 3.63) is 29.8 Å². The van der Waals surface area contributed by atoms with Crippen LogP contribution in [0.5, 0.6) is 0 Å². The smallest absolute Gasteiger partial charge is 0.423 e. The third-order valence-corrected chi connectivity index (χ3v) is 4.32. The number of hydrogen-bond donors (Lipinski definition) is 0. The first-order valence-electron chi connectivity index (χ1n) is 6.13. The van der Waals surface area contributed by atoms with E-state index in [1.54, 1.807) is 19.1 Å².